The molecule has 2 aromatic rings. The minimum absolute atomic E-state index is 0.102. The van der Waals surface area contributed by atoms with Crippen molar-refractivity contribution in [2.45, 2.75) is 38.5 Å². The third kappa shape index (κ3) is 3.24. The number of hydrogen-bond acceptors (Lipinski definition) is 4. The van der Waals surface area contributed by atoms with Gasteiger partial charge in [-0.1, -0.05) is 25.3 Å². The Kier molecular flexibility index (Phi) is 4.51. The molecule has 1 aliphatic carbocycles. The minimum atomic E-state index is 0.102. The van der Waals surface area contributed by atoms with Crippen LogP contribution in [-0.2, 0) is 6.42 Å². The first kappa shape index (κ1) is 14.5. The predicted molar refractivity (Wildman–Crippen MR) is 82.2 cm³/mol. The van der Waals surface area contributed by atoms with Crippen molar-refractivity contribution in [2.75, 3.05) is 19.7 Å². The fourth-order valence-electron chi connectivity index (χ4n) is 3.31. The molecule has 1 aliphatic rings. The van der Waals surface area contributed by atoms with Gasteiger partial charge in [-0.3, -0.25) is 4.40 Å². The topological polar surface area (TPSA) is 62.5 Å². The summed E-state index contributed by atoms with van der Waals surface area (Å²) in [5.41, 5.74) is 0.997. The number of aliphatic hydroxyl groups excluding tert-OH is 1. The number of nitrogens with zero attached hydrogens (tertiary/aromatic N) is 3. The molecule has 0 radical (unpaired) electrons. The van der Waals surface area contributed by atoms with Crippen LogP contribution in [0.3, 0.4) is 0 Å². The molecule has 0 atom stereocenters. The Balaban J connectivity index is 1.52. The predicted octanol–water partition coefficient (Wildman–Crippen LogP) is 1.80. The summed E-state index contributed by atoms with van der Waals surface area (Å²) >= 11 is 0. The molecule has 0 amide bonds. The quantitative estimate of drug-likeness (QED) is 0.796. The molecule has 0 aromatic carbocycles. The van der Waals surface area contributed by atoms with E-state index in [4.69, 9.17) is 0 Å². The van der Waals surface area contributed by atoms with Gasteiger partial charge in [0.15, 0.2) is 5.65 Å². The summed E-state index contributed by atoms with van der Waals surface area (Å²) in [4.78, 5) is 0. The van der Waals surface area contributed by atoms with Gasteiger partial charge in [0.2, 0.25) is 0 Å². The monoisotopic (exact) mass is 288 g/mol. The zero-order valence-electron chi connectivity index (χ0n) is 12.5. The average Bonchev–Trinajstić information content (AvgIpc) is 2.96. The van der Waals surface area contributed by atoms with E-state index in [1.807, 2.05) is 28.8 Å². The van der Waals surface area contributed by atoms with Gasteiger partial charge in [0.1, 0.15) is 5.82 Å². The summed E-state index contributed by atoms with van der Waals surface area (Å²) < 4.78 is 2.03. The molecule has 3 rings (SSSR count). The Bertz CT molecular complexity index is 574. The summed E-state index contributed by atoms with van der Waals surface area (Å²) in [6, 6.07) is 5.93. The molecule has 114 valence electrons. The molecule has 1 fully saturated rings. The number of fused-ring (bicyclic) bond motifs is 1. The van der Waals surface area contributed by atoms with Crippen LogP contribution >= 0.6 is 0 Å². The highest BCUT2D eigenvalue weighted by molar-refractivity contribution is 5.36. The van der Waals surface area contributed by atoms with Crippen LogP contribution in [0.25, 0.3) is 5.65 Å². The van der Waals surface area contributed by atoms with Crippen LogP contribution in [0.15, 0.2) is 24.4 Å². The second-order valence-electron chi connectivity index (χ2n) is 6.19. The summed E-state index contributed by atoms with van der Waals surface area (Å²) in [5, 5.41) is 21.6. The van der Waals surface area contributed by atoms with Gasteiger partial charge in [0.25, 0.3) is 0 Å². The van der Waals surface area contributed by atoms with Crippen molar-refractivity contribution in [1.29, 1.82) is 0 Å². The molecule has 0 unspecified atom stereocenters. The lowest BCUT2D eigenvalue weighted by atomic mass is 9.74. The Morgan fingerprint density at radius 3 is 2.86 bits per heavy atom. The fourth-order valence-corrected chi connectivity index (χ4v) is 3.31. The van der Waals surface area contributed by atoms with Crippen LogP contribution in [-0.4, -0.2) is 39.4 Å². The highest BCUT2D eigenvalue weighted by Crippen LogP contribution is 2.35. The fraction of sp³-hybridized carbons (Fsp3) is 0.625. The zero-order chi connectivity index (χ0) is 14.5. The first-order chi connectivity index (χ1) is 10.3. The van der Waals surface area contributed by atoms with E-state index in [0.29, 0.717) is 6.61 Å². The lowest BCUT2D eigenvalue weighted by molar-refractivity contribution is 0.0816. The maximum atomic E-state index is 9.70. The largest absolute Gasteiger partial charge is 0.396 e. The SMILES string of the molecule is OCC1(CNCCc2nnc3ccccn23)CCCCC1. The lowest BCUT2D eigenvalue weighted by Gasteiger charge is -2.35. The van der Waals surface area contributed by atoms with Crippen molar-refractivity contribution in [3.05, 3.63) is 30.2 Å². The number of rotatable bonds is 6. The first-order valence-corrected chi connectivity index (χ1v) is 7.93. The van der Waals surface area contributed by atoms with Gasteiger partial charge in [0.05, 0.1) is 0 Å². The summed E-state index contributed by atoms with van der Waals surface area (Å²) in [6.07, 6.45) is 8.95. The second kappa shape index (κ2) is 6.54. The molecule has 2 heterocycles. The number of hydrogen-bond donors (Lipinski definition) is 2. The van der Waals surface area contributed by atoms with E-state index in [1.54, 1.807) is 0 Å². The number of pyridine rings is 1. The van der Waals surface area contributed by atoms with Gasteiger partial charge in [0, 0.05) is 37.7 Å². The van der Waals surface area contributed by atoms with Crippen molar-refractivity contribution < 1.29 is 5.11 Å². The molecule has 21 heavy (non-hydrogen) atoms. The van der Waals surface area contributed by atoms with Crippen molar-refractivity contribution in [1.82, 2.24) is 19.9 Å². The van der Waals surface area contributed by atoms with Gasteiger partial charge in [-0.05, 0) is 25.0 Å². The maximum absolute atomic E-state index is 9.70. The molecule has 2 aromatic heterocycles. The molecule has 0 bridgehead atoms. The van der Waals surface area contributed by atoms with E-state index in [0.717, 1.165) is 43.8 Å². The Morgan fingerprint density at radius 1 is 1.19 bits per heavy atom. The average molecular weight is 288 g/mol. The summed E-state index contributed by atoms with van der Waals surface area (Å²) in [7, 11) is 0. The summed E-state index contributed by atoms with van der Waals surface area (Å²) in [5.74, 6) is 0.986. The first-order valence-electron chi connectivity index (χ1n) is 7.93. The van der Waals surface area contributed by atoms with Gasteiger partial charge >= 0.3 is 0 Å². The van der Waals surface area contributed by atoms with Crippen molar-refractivity contribution >= 4 is 5.65 Å². The van der Waals surface area contributed by atoms with E-state index in [9.17, 15) is 5.11 Å². The van der Waals surface area contributed by atoms with Gasteiger partial charge in [-0.25, -0.2) is 0 Å². The molecule has 0 spiro atoms. The number of aliphatic hydroxyl groups is 1. The molecule has 1 saturated carbocycles. The van der Waals surface area contributed by atoms with Crippen molar-refractivity contribution in [3.8, 4) is 0 Å². The normalized spacial score (nSPS) is 18.1. The third-order valence-electron chi connectivity index (χ3n) is 4.66. The highest BCUT2D eigenvalue weighted by atomic mass is 16.3. The Morgan fingerprint density at radius 2 is 2.05 bits per heavy atom. The van der Waals surface area contributed by atoms with E-state index >= 15 is 0 Å². The van der Waals surface area contributed by atoms with Gasteiger partial charge < -0.3 is 10.4 Å². The van der Waals surface area contributed by atoms with E-state index in [-0.39, 0.29) is 5.41 Å². The van der Waals surface area contributed by atoms with Gasteiger partial charge in [-0.2, -0.15) is 0 Å². The lowest BCUT2D eigenvalue weighted by Crippen LogP contribution is -2.39. The Hall–Kier alpha value is -1.46. The third-order valence-corrected chi connectivity index (χ3v) is 4.66. The summed E-state index contributed by atoms with van der Waals surface area (Å²) in [6.45, 7) is 2.07. The van der Waals surface area contributed by atoms with Crippen LogP contribution in [0.5, 0.6) is 0 Å². The minimum Gasteiger partial charge on any atom is -0.396 e. The zero-order valence-corrected chi connectivity index (χ0v) is 12.5. The molecule has 0 aliphatic heterocycles. The van der Waals surface area contributed by atoms with Crippen LogP contribution in [0.4, 0.5) is 0 Å². The van der Waals surface area contributed by atoms with E-state index in [1.165, 1.54) is 19.3 Å². The molecular weight excluding hydrogens is 264 g/mol. The number of nitrogens with one attached hydrogen (secondary N) is 1. The molecule has 2 N–H and O–H groups in total. The van der Waals surface area contributed by atoms with Crippen LogP contribution in [0.2, 0.25) is 0 Å². The highest BCUT2D eigenvalue weighted by Gasteiger charge is 2.30. The molecule has 5 heteroatoms. The Labute approximate surface area is 125 Å². The van der Waals surface area contributed by atoms with Crippen molar-refractivity contribution in [3.63, 3.8) is 0 Å². The van der Waals surface area contributed by atoms with E-state index in [2.05, 4.69) is 15.5 Å². The second-order valence-corrected chi connectivity index (χ2v) is 6.19. The van der Waals surface area contributed by atoms with Crippen molar-refractivity contribution in [2.24, 2.45) is 5.41 Å². The van der Waals surface area contributed by atoms with Crippen LogP contribution in [0, 0.1) is 5.41 Å². The smallest absolute Gasteiger partial charge is 0.160 e. The molecule has 0 saturated heterocycles. The van der Waals surface area contributed by atoms with Crippen LogP contribution < -0.4 is 5.32 Å². The van der Waals surface area contributed by atoms with Crippen LogP contribution in [0.1, 0.15) is 37.9 Å². The van der Waals surface area contributed by atoms with Gasteiger partial charge in [-0.15, -0.1) is 10.2 Å². The standard InChI is InChI=1S/C16H24N4O/c21-13-16(8-3-1-4-9-16)12-17-10-7-15-19-18-14-6-2-5-11-20(14)15/h2,5-6,11,17,21H,1,3-4,7-10,12-13H2. The molecule has 5 nitrogen and oxygen atoms in total. The number of aromatic nitrogens is 3. The van der Waals surface area contributed by atoms with E-state index < -0.39 is 0 Å². The molecular formula is C16H24N4O. The maximum Gasteiger partial charge on any atom is 0.160 e.